The van der Waals surface area contributed by atoms with Crippen LogP contribution in [0.3, 0.4) is 0 Å². The Balaban J connectivity index is 1.46. The smallest absolute Gasteiger partial charge is 0.257 e. The zero-order valence-corrected chi connectivity index (χ0v) is 15.3. The molecule has 0 spiro atoms. The van der Waals surface area contributed by atoms with Crippen LogP contribution < -0.4 is 10.1 Å². The number of anilines is 1. The van der Waals surface area contributed by atoms with E-state index in [9.17, 15) is 4.79 Å². The summed E-state index contributed by atoms with van der Waals surface area (Å²) in [6, 6.07) is 16.7. The van der Waals surface area contributed by atoms with Gasteiger partial charge in [-0.05, 0) is 54.6 Å². The first kappa shape index (κ1) is 17.0. The molecular formula is C20H16N4O2S. The highest BCUT2D eigenvalue weighted by molar-refractivity contribution is 7.14. The van der Waals surface area contributed by atoms with E-state index in [-0.39, 0.29) is 5.91 Å². The summed E-state index contributed by atoms with van der Waals surface area (Å²) < 4.78 is 6.90. The lowest BCUT2D eigenvalue weighted by Gasteiger charge is -2.04. The number of nitrogens with one attached hydrogen (secondary N) is 1. The highest BCUT2D eigenvalue weighted by atomic mass is 32.1. The molecule has 2 heterocycles. The number of benzene rings is 2. The monoisotopic (exact) mass is 376 g/mol. The quantitative estimate of drug-likeness (QED) is 0.565. The standard InChI is InChI=1S/C20H16N4O2S/c1-26-17-9-5-14(6-10-17)18-13-27-20(22-18)23-19(25)15-3-7-16(8-4-15)24-12-2-11-21-24/h2-13H,1H3,(H,22,23,25). The SMILES string of the molecule is COc1ccc(-c2csc(NC(=O)c3ccc(-n4cccn4)cc3)n2)cc1. The van der Waals surface area contributed by atoms with E-state index in [0.29, 0.717) is 10.7 Å². The van der Waals surface area contributed by atoms with E-state index in [4.69, 9.17) is 4.74 Å². The first-order chi connectivity index (χ1) is 13.2. The van der Waals surface area contributed by atoms with Gasteiger partial charge in [-0.25, -0.2) is 9.67 Å². The molecule has 0 aliphatic carbocycles. The number of ether oxygens (including phenoxy) is 1. The van der Waals surface area contributed by atoms with Crippen molar-refractivity contribution in [1.29, 1.82) is 0 Å². The van der Waals surface area contributed by atoms with Crippen LogP contribution in [0.1, 0.15) is 10.4 Å². The van der Waals surface area contributed by atoms with E-state index in [1.807, 2.05) is 54.0 Å². The molecule has 6 nitrogen and oxygen atoms in total. The van der Waals surface area contributed by atoms with Gasteiger partial charge in [-0.2, -0.15) is 5.10 Å². The van der Waals surface area contributed by atoms with E-state index in [1.165, 1.54) is 11.3 Å². The molecule has 0 bridgehead atoms. The zero-order chi connectivity index (χ0) is 18.6. The number of amides is 1. The van der Waals surface area contributed by atoms with Gasteiger partial charge in [0.1, 0.15) is 5.75 Å². The molecule has 2 aromatic heterocycles. The van der Waals surface area contributed by atoms with Crippen molar-refractivity contribution in [1.82, 2.24) is 14.8 Å². The molecule has 0 saturated heterocycles. The Morgan fingerprint density at radius 1 is 1.11 bits per heavy atom. The van der Waals surface area contributed by atoms with Crippen LogP contribution in [-0.4, -0.2) is 27.8 Å². The number of carbonyl (C=O) groups excluding carboxylic acids is 1. The minimum absolute atomic E-state index is 0.197. The third kappa shape index (κ3) is 3.73. The molecule has 4 rings (SSSR count). The molecule has 0 saturated carbocycles. The van der Waals surface area contributed by atoms with E-state index >= 15 is 0 Å². The molecule has 0 atom stereocenters. The number of carbonyl (C=O) groups is 1. The van der Waals surface area contributed by atoms with Crippen LogP contribution in [-0.2, 0) is 0 Å². The van der Waals surface area contributed by atoms with Crippen LogP contribution in [0.4, 0.5) is 5.13 Å². The first-order valence-corrected chi connectivity index (χ1v) is 9.12. The Kier molecular flexibility index (Phi) is 4.67. The number of aromatic nitrogens is 3. The van der Waals surface area contributed by atoms with Gasteiger partial charge in [0.15, 0.2) is 5.13 Å². The minimum Gasteiger partial charge on any atom is -0.497 e. The van der Waals surface area contributed by atoms with Gasteiger partial charge in [0.05, 0.1) is 18.5 Å². The Bertz CT molecular complexity index is 1040. The summed E-state index contributed by atoms with van der Waals surface area (Å²) in [6.07, 6.45) is 3.56. The first-order valence-electron chi connectivity index (χ1n) is 8.24. The molecule has 1 amide bonds. The number of thiazole rings is 1. The van der Waals surface area contributed by atoms with Crippen LogP contribution in [0.2, 0.25) is 0 Å². The number of hydrogen-bond donors (Lipinski definition) is 1. The van der Waals surface area contributed by atoms with Crippen molar-refractivity contribution >= 4 is 22.4 Å². The molecule has 0 unspecified atom stereocenters. The summed E-state index contributed by atoms with van der Waals surface area (Å²) in [5.74, 6) is 0.596. The minimum atomic E-state index is -0.197. The fourth-order valence-corrected chi connectivity index (χ4v) is 3.30. The molecule has 27 heavy (non-hydrogen) atoms. The lowest BCUT2D eigenvalue weighted by Crippen LogP contribution is -2.11. The van der Waals surface area contributed by atoms with Crippen molar-refractivity contribution in [3.8, 4) is 22.7 Å². The molecule has 0 aliphatic rings. The van der Waals surface area contributed by atoms with Gasteiger partial charge in [0.25, 0.3) is 5.91 Å². The van der Waals surface area contributed by atoms with E-state index < -0.39 is 0 Å². The zero-order valence-electron chi connectivity index (χ0n) is 14.5. The Morgan fingerprint density at radius 3 is 2.56 bits per heavy atom. The summed E-state index contributed by atoms with van der Waals surface area (Å²) in [5, 5.41) is 9.49. The predicted molar refractivity (Wildman–Crippen MR) is 106 cm³/mol. The Morgan fingerprint density at radius 2 is 1.89 bits per heavy atom. The molecule has 2 aromatic carbocycles. The number of rotatable bonds is 5. The van der Waals surface area contributed by atoms with Gasteiger partial charge in [-0.15, -0.1) is 11.3 Å². The second-order valence-corrected chi connectivity index (χ2v) is 6.58. The fraction of sp³-hybridized carbons (Fsp3) is 0.0500. The molecule has 0 radical (unpaired) electrons. The van der Waals surface area contributed by atoms with Gasteiger partial charge in [-0.3, -0.25) is 10.1 Å². The van der Waals surface area contributed by atoms with E-state index in [2.05, 4.69) is 15.4 Å². The predicted octanol–water partition coefficient (Wildman–Crippen LogP) is 4.26. The summed E-state index contributed by atoms with van der Waals surface area (Å²) >= 11 is 1.39. The van der Waals surface area contributed by atoms with Crippen molar-refractivity contribution < 1.29 is 9.53 Å². The second kappa shape index (κ2) is 7.43. The molecule has 1 N–H and O–H groups in total. The summed E-state index contributed by atoms with van der Waals surface area (Å²) in [4.78, 5) is 16.9. The molecule has 134 valence electrons. The molecule has 0 fully saturated rings. The number of nitrogens with zero attached hydrogens (tertiary/aromatic N) is 3. The normalized spacial score (nSPS) is 10.6. The van der Waals surface area contributed by atoms with Crippen molar-refractivity contribution in [2.24, 2.45) is 0 Å². The van der Waals surface area contributed by atoms with Gasteiger partial charge < -0.3 is 4.74 Å². The fourth-order valence-electron chi connectivity index (χ4n) is 2.58. The number of methoxy groups -OCH3 is 1. The van der Waals surface area contributed by atoms with Crippen LogP contribution in [0.15, 0.2) is 72.4 Å². The van der Waals surface area contributed by atoms with Crippen LogP contribution in [0, 0.1) is 0 Å². The van der Waals surface area contributed by atoms with Gasteiger partial charge in [-0.1, -0.05) is 0 Å². The van der Waals surface area contributed by atoms with Crippen LogP contribution >= 0.6 is 11.3 Å². The third-order valence-corrected chi connectivity index (χ3v) is 4.77. The van der Waals surface area contributed by atoms with Gasteiger partial charge in [0, 0.05) is 28.9 Å². The van der Waals surface area contributed by atoms with E-state index in [0.717, 1.165) is 22.7 Å². The van der Waals surface area contributed by atoms with Gasteiger partial charge >= 0.3 is 0 Å². The van der Waals surface area contributed by atoms with E-state index in [1.54, 1.807) is 30.1 Å². The van der Waals surface area contributed by atoms with Crippen molar-refractivity contribution in [2.45, 2.75) is 0 Å². The lowest BCUT2D eigenvalue weighted by atomic mass is 10.2. The Labute approximate surface area is 160 Å². The second-order valence-electron chi connectivity index (χ2n) is 5.72. The molecule has 7 heteroatoms. The number of hydrogen-bond acceptors (Lipinski definition) is 5. The topological polar surface area (TPSA) is 69.0 Å². The molecule has 0 aliphatic heterocycles. The van der Waals surface area contributed by atoms with Crippen molar-refractivity contribution in [3.63, 3.8) is 0 Å². The van der Waals surface area contributed by atoms with Crippen molar-refractivity contribution in [3.05, 3.63) is 77.9 Å². The lowest BCUT2D eigenvalue weighted by molar-refractivity contribution is 0.102. The summed E-state index contributed by atoms with van der Waals surface area (Å²) in [5.41, 5.74) is 3.24. The molecular weight excluding hydrogens is 360 g/mol. The highest BCUT2D eigenvalue weighted by Gasteiger charge is 2.10. The summed E-state index contributed by atoms with van der Waals surface area (Å²) in [7, 11) is 1.63. The maximum Gasteiger partial charge on any atom is 0.257 e. The van der Waals surface area contributed by atoms with Gasteiger partial charge in [0.2, 0.25) is 0 Å². The summed E-state index contributed by atoms with van der Waals surface area (Å²) in [6.45, 7) is 0. The molecule has 4 aromatic rings. The maximum atomic E-state index is 12.5. The van der Waals surface area contributed by atoms with Crippen LogP contribution in [0.5, 0.6) is 5.75 Å². The van der Waals surface area contributed by atoms with Crippen LogP contribution in [0.25, 0.3) is 16.9 Å². The average Bonchev–Trinajstić information content (AvgIpc) is 3.40. The highest BCUT2D eigenvalue weighted by Crippen LogP contribution is 2.26. The Hall–Kier alpha value is -3.45. The third-order valence-electron chi connectivity index (χ3n) is 4.01. The largest absolute Gasteiger partial charge is 0.497 e. The van der Waals surface area contributed by atoms with Crippen molar-refractivity contribution in [2.75, 3.05) is 12.4 Å². The average molecular weight is 376 g/mol. The maximum absolute atomic E-state index is 12.5.